The summed E-state index contributed by atoms with van der Waals surface area (Å²) in [6, 6.07) is 11.7. The van der Waals surface area contributed by atoms with Gasteiger partial charge in [-0.05, 0) is 43.7 Å². The summed E-state index contributed by atoms with van der Waals surface area (Å²) in [5, 5.41) is 2.48. The highest BCUT2D eigenvalue weighted by Crippen LogP contribution is 2.26. The third kappa shape index (κ3) is 4.22. The Morgan fingerprint density at radius 2 is 1.82 bits per heavy atom. The minimum Gasteiger partial charge on any atom is -0.490 e. The van der Waals surface area contributed by atoms with Crippen molar-refractivity contribution in [2.45, 2.75) is 13.8 Å². The Morgan fingerprint density at radius 1 is 1.14 bits per heavy atom. The van der Waals surface area contributed by atoms with E-state index in [4.69, 9.17) is 9.47 Å². The number of carbonyl (C=O) groups is 1. The van der Waals surface area contributed by atoms with Gasteiger partial charge in [-0.15, -0.1) is 0 Å². The first kappa shape index (κ1) is 15.8. The van der Waals surface area contributed by atoms with Gasteiger partial charge in [0.05, 0.1) is 12.3 Å². The number of anilines is 1. The number of nitrogens with one attached hydrogen (secondary N) is 1. The highest BCUT2D eigenvalue weighted by molar-refractivity contribution is 5.92. The number of hydrogen-bond donors (Lipinski definition) is 1. The second-order valence-electron chi connectivity index (χ2n) is 4.70. The average molecular weight is 303 g/mol. The van der Waals surface area contributed by atoms with Crippen LogP contribution in [0.25, 0.3) is 0 Å². The molecule has 0 aliphatic heterocycles. The van der Waals surface area contributed by atoms with Gasteiger partial charge in [0.15, 0.2) is 18.1 Å². The molecule has 0 fully saturated rings. The molecule has 22 heavy (non-hydrogen) atoms. The Bertz CT molecular complexity index is 658. The number of ether oxygens (including phenoxy) is 2. The smallest absolute Gasteiger partial charge is 0.262 e. The second kappa shape index (κ2) is 7.45. The van der Waals surface area contributed by atoms with Gasteiger partial charge in [0, 0.05) is 0 Å². The lowest BCUT2D eigenvalue weighted by atomic mass is 10.2. The molecule has 0 bridgehead atoms. The summed E-state index contributed by atoms with van der Waals surface area (Å²) in [6.07, 6.45) is 0. The fourth-order valence-corrected chi connectivity index (χ4v) is 1.90. The summed E-state index contributed by atoms with van der Waals surface area (Å²) in [4.78, 5) is 11.8. The molecule has 0 aliphatic rings. The van der Waals surface area contributed by atoms with Crippen LogP contribution >= 0.6 is 0 Å². The summed E-state index contributed by atoms with van der Waals surface area (Å²) in [6.45, 7) is 3.92. The molecule has 0 unspecified atom stereocenters. The Balaban J connectivity index is 1.95. The zero-order chi connectivity index (χ0) is 15.9. The van der Waals surface area contributed by atoms with Gasteiger partial charge < -0.3 is 14.8 Å². The van der Waals surface area contributed by atoms with Crippen LogP contribution in [-0.2, 0) is 4.79 Å². The number of rotatable bonds is 6. The Kier molecular flexibility index (Phi) is 5.36. The monoisotopic (exact) mass is 303 g/mol. The van der Waals surface area contributed by atoms with Gasteiger partial charge in [0.1, 0.15) is 5.82 Å². The third-order valence-electron chi connectivity index (χ3n) is 2.91. The van der Waals surface area contributed by atoms with E-state index in [1.165, 1.54) is 12.1 Å². The summed E-state index contributed by atoms with van der Waals surface area (Å²) in [5.41, 5.74) is 0.926. The van der Waals surface area contributed by atoms with Crippen molar-refractivity contribution in [2.75, 3.05) is 18.5 Å². The molecule has 1 N–H and O–H groups in total. The highest BCUT2D eigenvalue weighted by atomic mass is 19.1. The molecule has 0 radical (unpaired) electrons. The average Bonchev–Trinajstić information content (AvgIpc) is 2.49. The molecule has 2 aromatic carbocycles. The van der Waals surface area contributed by atoms with Crippen molar-refractivity contribution in [3.63, 3.8) is 0 Å². The van der Waals surface area contributed by atoms with Crippen LogP contribution in [-0.4, -0.2) is 19.1 Å². The van der Waals surface area contributed by atoms with Gasteiger partial charge in [-0.1, -0.05) is 18.2 Å². The van der Waals surface area contributed by atoms with E-state index < -0.39 is 11.7 Å². The van der Waals surface area contributed by atoms with Crippen LogP contribution in [0, 0.1) is 12.7 Å². The normalized spacial score (nSPS) is 10.1. The minimum absolute atomic E-state index is 0.136. The van der Waals surface area contributed by atoms with Crippen molar-refractivity contribution in [1.82, 2.24) is 0 Å². The molecular formula is C17H18FNO3. The van der Waals surface area contributed by atoms with Crippen molar-refractivity contribution in [3.8, 4) is 11.5 Å². The fourth-order valence-electron chi connectivity index (χ4n) is 1.90. The van der Waals surface area contributed by atoms with E-state index >= 15 is 0 Å². The topological polar surface area (TPSA) is 47.6 Å². The molecule has 4 nitrogen and oxygen atoms in total. The number of carbonyl (C=O) groups excluding carboxylic acids is 1. The molecule has 0 saturated carbocycles. The van der Waals surface area contributed by atoms with Crippen LogP contribution in [0.4, 0.5) is 10.1 Å². The molecule has 5 heteroatoms. The van der Waals surface area contributed by atoms with Crippen LogP contribution in [0.15, 0.2) is 42.5 Å². The lowest BCUT2D eigenvalue weighted by Gasteiger charge is -2.12. The first-order chi connectivity index (χ1) is 10.6. The predicted octanol–water partition coefficient (Wildman–Crippen LogP) is 3.55. The maximum absolute atomic E-state index is 13.7. The number of halogens is 1. The van der Waals surface area contributed by atoms with Crippen LogP contribution in [0.1, 0.15) is 12.5 Å². The Hall–Kier alpha value is -2.56. The van der Waals surface area contributed by atoms with Gasteiger partial charge >= 0.3 is 0 Å². The molecular weight excluding hydrogens is 285 g/mol. The number of hydrogen-bond acceptors (Lipinski definition) is 3. The predicted molar refractivity (Wildman–Crippen MR) is 82.9 cm³/mol. The molecule has 0 heterocycles. The molecule has 1 amide bonds. The lowest BCUT2D eigenvalue weighted by Crippen LogP contribution is -2.21. The third-order valence-corrected chi connectivity index (χ3v) is 2.91. The molecule has 2 aromatic rings. The molecule has 116 valence electrons. The summed E-state index contributed by atoms with van der Waals surface area (Å²) >= 11 is 0. The number of amides is 1. The quantitative estimate of drug-likeness (QED) is 0.887. The lowest BCUT2D eigenvalue weighted by molar-refractivity contribution is -0.118. The van der Waals surface area contributed by atoms with E-state index in [1.54, 1.807) is 31.2 Å². The van der Waals surface area contributed by atoms with Gasteiger partial charge in [-0.2, -0.15) is 0 Å². The van der Waals surface area contributed by atoms with E-state index in [0.29, 0.717) is 18.1 Å². The van der Waals surface area contributed by atoms with Gasteiger partial charge in [0.2, 0.25) is 0 Å². The molecule has 0 atom stereocenters. The van der Waals surface area contributed by atoms with Crippen molar-refractivity contribution in [3.05, 3.63) is 53.8 Å². The van der Waals surface area contributed by atoms with Crippen molar-refractivity contribution >= 4 is 11.6 Å². The fraction of sp³-hybridized carbons (Fsp3) is 0.235. The summed E-state index contributed by atoms with van der Waals surface area (Å²) < 4.78 is 24.5. The van der Waals surface area contributed by atoms with Crippen LogP contribution in [0.5, 0.6) is 11.5 Å². The molecule has 0 spiro atoms. The SMILES string of the molecule is CCOc1ccccc1OCC(=O)Nc1ccc(C)cc1F. The molecule has 0 aromatic heterocycles. The zero-order valence-corrected chi connectivity index (χ0v) is 12.6. The van der Waals surface area contributed by atoms with Gasteiger partial charge in [-0.25, -0.2) is 4.39 Å². The summed E-state index contributed by atoms with van der Waals surface area (Å²) in [7, 11) is 0. The van der Waals surface area contributed by atoms with Crippen LogP contribution < -0.4 is 14.8 Å². The Morgan fingerprint density at radius 3 is 2.45 bits per heavy atom. The maximum atomic E-state index is 13.7. The number of benzene rings is 2. The van der Waals surface area contributed by atoms with Crippen molar-refractivity contribution < 1.29 is 18.7 Å². The standard InChI is InChI=1S/C17H18FNO3/c1-3-21-15-6-4-5-7-16(15)22-11-17(20)19-14-9-8-12(2)10-13(14)18/h4-10H,3,11H2,1-2H3,(H,19,20). The van der Waals surface area contributed by atoms with Gasteiger partial charge in [-0.3, -0.25) is 4.79 Å². The molecule has 2 rings (SSSR count). The zero-order valence-electron chi connectivity index (χ0n) is 12.6. The van der Waals surface area contributed by atoms with Crippen molar-refractivity contribution in [2.24, 2.45) is 0 Å². The molecule has 0 saturated heterocycles. The van der Waals surface area contributed by atoms with E-state index in [9.17, 15) is 9.18 Å². The summed E-state index contributed by atoms with van der Waals surface area (Å²) in [5.74, 6) is 0.139. The number of para-hydroxylation sites is 2. The first-order valence-electron chi connectivity index (χ1n) is 7.00. The minimum atomic E-state index is -0.469. The maximum Gasteiger partial charge on any atom is 0.262 e. The van der Waals surface area contributed by atoms with E-state index in [2.05, 4.69) is 5.32 Å². The van der Waals surface area contributed by atoms with E-state index in [0.717, 1.165) is 5.56 Å². The van der Waals surface area contributed by atoms with E-state index in [-0.39, 0.29) is 12.3 Å². The van der Waals surface area contributed by atoms with E-state index in [1.807, 2.05) is 13.0 Å². The Labute approximate surface area is 128 Å². The highest BCUT2D eigenvalue weighted by Gasteiger charge is 2.10. The van der Waals surface area contributed by atoms with Crippen molar-refractivity contribution in [1.29, 1.82) is 0 Å². The first-order valence-corrected chi connectivity index (χ1v) is 7.00. The van der Waals surface area contributed by atoms with Crippen LogP contribution in [0.3, 0.4) is 0 Å². The molecule has 0 aliphatic carbocycles. The number of aryl methyl sites for hydroxylation is 1. The second-order valence-corrected chi connectivity index (χ2v) is 4.70. The van der Waals surface area contributed by atoms with Gasteiger partial charge in [0.25, 0.3) is 5.91 Å². The van der Waals surface area contributed by atoms with Crippen LogP contribution in [0.2, 0.25) is 0 Å². The largest absolute Gasteiger partial charge is 0.490 e.